The average Bonchev–Trinajstić information content (AvgIpc) is 3.02. The molecule has 0 aliphatic carbocycles. The zero-order valence-corrected chi connectivity index (χ0v) is 16.2. The van der Waals surface area contributed by atoms with Gasteiger partial charge < -0.3 is 20.4 Å². The predicted octanol–water partition coefficient (Wildman–Crippen LogP) is 4.00. The Hall–Kier alpha value is -3.07. The second-order valence-electron chi connectivity index (χ2n) is 7.34. The third kappa shape index (κ3) is 3.85. The van der Waals surface area contributed by atoms with Crippen LogP contribution in [0.15, 0.2) is 42.6 Å². The number of likely N-dealkylation sites (N-methyl/N-ethyl adjacent to an activating group) is 1. The number of carbonyl (C=O) groups is 1. The van der Waals surface area contributed by atoms with Crippen molar-refractivity contribution in [2.45, 2.75) is 6.18 Å². The molecule has 1 saturated heterocycles. The molecule has 0 spiro atoms. The molecule has 0 radical (unpaired) electrons. The maximum Gasteiger partial charge on any atom is 0.418 e. The molecule has 158 valence electrons. The molecule has 0 aromatic heterocycles. The van der Waals surface area contributed by atoms with E-state index < -0.39 is 23.5 Å². The first-order valence-corrected chi connectivity index (χ1v) is 9.46. The maximum atomic E-state index is 14.1. The molecule has 0 unspecified atom stereocenters. The molecule has 2 aliphatic rings. The Kier molecular flexibility index (Phi) is 5.15. The van der Waals surface area contributed by atoms with Crippen LogP contribution < -0.4 is 15.5 Å². The van der Waals surface area contributed by atoms with Gasteiger partial charge in [0.1, 0.15) is 5.82 Å². The van der Waals surface area contributed by atoms with E-state index in [2.05, 4.69) is 15.5 Å². The summed E-state index contributed by atoms with van der Waals surface area (Å²) in [6.07, 6.45) is -3.30. The Morgan fingerprint density at radius 1 is 1.10 bits per heavy atom. The van der Waals surface area contributed by atoms with E-state index in [-0.39, 0.29) is 22.5 Å². The Morgan fingerprint density at radius 3 is 2.53 bits per heavy atom. The monoisotopic (exact) mass is 420 g/mol. The number of nitrogens with one attached hydrogen (secondary N) is 2. The minimum Gasteiger partial charge on any atom is -0.368 e. The normalized spacial score (nSPS) is 18.5. The number of fused-ring (bicyclic) bond motifs is 1. The van der Waals surface area contributed by atoms with Gasteiger partial charge in [0.05, 0.1) is 16.8 Å². The molecule has 30 heavy (non-hydrogen) atoms. The van der Waals surface area contributed by atoms with Gasteiger partial charge in [-0.2, -0.15) is 13.2 Å². The van der Waals surface area contributed by atoms with Crippen LogP contribution in [0, 0.1) is 5.82 Å². The number of nitrogens with zero attached hydrogens (tertiary/aromatic N) is 2. The summed E-state index contributed by atoms with van der Waals surface area (Å²) in [7, 11) is 1.93. The van der Waals surface area contributed by atoms with E-state index in [0.717, 1.165) is 6.07 Å². The van der Waals surface area contributed by atoms with Crippen molar-refractivity contribution in [1.29, 1.82) is 0 Å². The molecule has 0 bridgehead atoms. The summed E-state index contributed by atoms with van der Waals surface area (Å²) in [6.45, 7) is 2.38. The predicted molar refractivity (Wildman–Crippen MR) is 108 cm³/mol. The van der Waals surface area contributed by atoms with Gasteiger partial charge in [0.15, 0.2) is 0 Å². The molecule has 2 N–H and O–H groups in total. The van der Waals surface area contributed by atoms with Crippen molar-refractivity contribution in [3.8, 4) is 0 Å². The molecular weight excluding hydrogens is 400 g/mol. The fraction of sp³-hybridized carbons (Fsp3) is 0.286. The minimum absolute atomic E-state index is 0.0276. The lowest BCUT2D eigenvalue weighted by molar-refractivity contribution is -0.137. The highest BCUT2D eigenvalue weighted by Gasteiger charge is 2.36. The SMILES string of the molecule is CN1CCN(c2ccc(NC=C3C(=O)Nc4cccc(F)c43)cc2C(F)(F)F)CC1. The number of rotatable bonds is 3. The summed E-state index contributed by atoms with van der Waals surface area (Å²) < 4.78 is 55.3. The second kappa shape index (κ2) is 7.64. The zero-order chi connectivity index (χ0) is 21.5. The van der Waals surface area contributed by atoms with Gasteiger partial charge in [0.25, 0.3) is 5.91 Å². The third-order valence-corrected chi connectivity index (χ3v) is 5.30. The fourth-order valence-corrected chi connectivity index (χ4v) is 3.67. The van der Waals surface area contributed by atoms with E-state index in [1.807, 2.05) is 7.05 Å². The van der Waals surface area contributed by atoms with Gasteiger partial charge in [0, 0.05) is 49.3 Å². The molecule has 2 heterocycles. The van der Waals surface area contributed by atoms with Crippen molar-refractivity contribution in [3.05, 3.63) is 59.5 Å². The van der Waals surface area contributed by atoms with Crippen LogP contribution in [0.3, 0.4) is 0 Å². The Balaban J connectivity index is 1.63. The lowest BCUT2D eigenvalue weighted by Crippen LogP contribution is -2.45. The van der Waals surface area contributed by atoms with Crippen LogP contribution in [0.1, 0.15) is 11.1 Å². The molecular formula is C21H20F4N4O. The number of alkyl halides is 3. The molecule has 1 amide bonds. The first kappa shape index (κ1) is 20.2. The number of hydrogen-bond donors (Lipinski definition) is 2. The maximum absolute atomic E-state index is 14.1. The first-order valence-electron chi connectivity index (χ1n) is 9.46. The smallest absolute Gasteiger partial charge is 0.368 e. The molecule has 2 aliphatic heterocycles. The average molecular weight is 420 g/mol. The molecule has 1 fully saturated rings. The van der Waals surface area contributed by atoms with E-state index in [1.165, 1.54) is 30.5 Å². The van der Waals surface area contributed by atoms with E-state index in [0.29, 0.717) is 31.9 Å². The molecule has 4 rings (SSSR count). The van der Waals surface area contributed by atoms with Crippen LogP contribution in [-0.4, -0.2) is 44.0 Å². The molecule has 9 heteroatoms. The van der Waals surface area contributed by atoms with Gasteiger partial charge in [-0.3, -0.25) is 4.79 Å². The van der Waals surface area contributed by atoms with Crippen molar-refractivity contribution in [2.75, 3.05) is 48.8 Å². The third-order valence-electron chi connectivity index (χ3n) is 5.30. The van der Waals surface area contributed by atoms with Crippen LogP contribution in [-0.2, 0) is 11.0 Å². The molecule has 5 nitrogen and oxygen atoms in total. The van der Waals surface area contributed by atoms with Gasteiger partial charge in [-0.05, 0) is 37.4 Å². The largest absolute Gasteiger partial charge is 0.418 e. The highest BCUT2D eigenvalue weighted by molar-refractivity contribution is 6.31. The van der Waals surface area contributed by atoms with E-state index in [1.54, 1.807) is 11.0 Å². The van der Waals surface area contributed by atoms with Gasteiger partial charge in [-0.1, -0.05) is 6.07 Å². The number of hydrogen-bond acceptors (Lipinski definition) is 4. The lowest BCUT2D eigenvalue weighted by Gasteiger charge is -2.35. The standard InChI is InChI=1S/C21H20F4N4O/c1-28-7-9-29(10-8-28)18-6-5-13(11-15(18)21(23,24)25)26-12-14-19-16(22)3-2-4-17(19)27-20(14)30/h2-6,11-12,26H,7-10H2,1H3,(H,27,30). The van der Waals surface area contributed by atoms with E-state index in [4.69, 9.17) is 0 Å². The van der Waals surface area contributed by atoms with Crippen molar-refractivity contribution >= 4 is 28.5 Å². The van der Waals surface area contributed by atoms with Gasteiger partial charge in [-0.15, -0.1) is 0 Å². The number of anilines is 3. The first-order chi connectivity index (χ1) is 14.2. The fourth-order valence-electron chi connectivity index (χ4n) is 3.67. The van der Waals surface area contributed by atoms with Crippen LogP contribution in [0.5, 0.6) is 0 Å². The number of benzene rings is 2. The van der Waals surface area contributed by atoms with E-state index >= 15 is 0 Å². The molecule has 2 aromatic carbocycles. The van der Waals surface area contributed by atoms with Crippen molar-refractivity contribution in [1.82, 2.24) is 4.90 Å². The molecule has 0 atom stereocenters. The minimum atomic E-state index is -4.53. The summed E-state index contributed by atoms with van der Waals surface area (Å²) in [5, 5.41) is 5.26. The van der Waals surface area contributed by atoms with E-state index in [9.17, 15) is 22.4 Å². The summed E-state index contributed by atoms with van der Waals surface area (Å²) >= 11 is 0. The Bertz CT molecular complexity index is 1010. The Morgan fingerprint density at radius 2 is 1.83 bits per heavy atom. The number of halogens is 4. The second-order valence-corrected chi connectivity index (χ2v) is 7.34. The molecule has 2 aromatic rings. The van der Waals surface area contributed by atoms with Crippen LogP contribution >= 0.6 is 0 Å². The van der Waals surface area contributed by atoms with Crippen LogP contribution in [0.2, 0.25) is 0 Å². The van der Waals surface area contributed by atoms with Crippen LogP contribution in [0.25, 0.3) is 5.57 Å². The van der Waals surface area contributed by atoms with Gasteiger partial charge in [0.2, 0.25) is 0 Å². The van der Waals surface area contributed by atoms with Crippen molar-refractivity contribution < 1.29 is 22.4 Å². The van der Waals surface area contributed by atoms with Crippen molar-refractivity contribution in [2.24, 2.45) is 0 Å². The Labute approximate surface area is 171 Å². The summed E-state index contributed by atoms with van der Waals surface area (Å²) in [6, 6.07) is 8.22. The topological polar surface area (TPSA) is 47.6 Å². The quantitative estimate of drug-likeness (QED) is 0.582. The van der Waals surface area contributed by atoms with Crippen molar-refractivity contribution in [3.63, 3.8) is 0 Å². The van der Waals surface area contributed by atoms with Gasteiger partial charge in [-0.25, -0.2) is 4.39 Å². The highest BCUT2D eigenvalue weighted by Crippen LogP contribution is 2.39. The lowest BCUT2D eigenvalue weighted by atomic mass is 10.1. The van der Waals surface area contributed by atoms with Gasteiger partial charge >= 0.3 is 6.18 Å². The molecule has 0 saturated carbocycles. The highest BCUT2D eigenvalue weighted by atomic mass is 19.4. The number of piperazine rings is 1. The summed E-state index contributed by atoms with van der Waals surface area (Å²) in [4.78, 5) is 15.9. The zero-order valence-electron chi connectivity index (χ0n) is 16.2. The summed E-state index contributed by atoms with van der Waals surface area (Å²) in [5.41, 5.74) is -0.0126. The number of carbonyl (C=O) groups excluding carboxylic acids is 1. The van der Waals surface area contributed by atoms with Crippen LogP contribution in [0.4, 0.5) is 34.6 Å². The summed E-state index contributed by atoms with van der Waals surface area (Å²) in [5.74, 6) is -1.10. The number of amides is 1.